The number of hydrogen-bond donors (Lipinski definition) is 0. The summed E-state index contributed by atoms with van der Waals surface area (Å²) >= 11 is 1.69. The Labute approximate surface area is 121 Å². The molecule has 100 valence electrons. The quantitative estimate of drug-likeness (QED) is 0.638. The molecule has 0 aliphatic carbocycles. The molecule has 3 rings (SSSR count). The van der Waals surface area contributed by atoms with Crippen LogP contribution >= 0.6 is 11.8 Å². The van der Waals surface area contributed by atoms with Gasteiger partial charge in [-0.25, -0.2) is 4.90 Å². The number of anilines is 1. The minimum Gasteiger partial charge on any atom is -0.268 e. The van der Waals surface area contributed by atoms with E-state index in [1.165, 1.54) is 4.90 Å². The Balaban J connectivity index is 2.02. The molecule has 1 aliphatic heterocycles. The van der Waals surface area contributed by atoms with E-state index in [2.05, 4.69) is 6.92 Å². The zero-order valence-electron chi connectivity index (χ0n) is 11.0. The predicted molar refractivity (Wildman–Crippen MR) is 80.4 cm³/mol. The molecule has 0 radical (unpaired) electrons. The van der Waals surface area contributed by atoms with Crippen molar-refractivity contribution in [1.29, 1.82) is 0 Å². The van der Waals surface area contributed by atoms with Crippen LogP contribution in [0.15, 0.2) is 53.4 Å². The molecule has 0 unspecified atom stereocenters. The smallest absolute Gasteiger partial charge is 0.266 e. The molecule has 0 bridgehead atoms. The van der Waals surface area contributed by atoms with Crippen molar-refractivity contribution in [2.75, 3.05) is 10.7 Å². The number of benzene rings is 2. The molecule has 0 N–H and O–H groups in total. The summed E-state index contributed by atoms with van der Waals surface area (Å²) in [5, 5.41) is 0. The molecule has 0 fully saturated rings. The van der Waals surface area contributed by atoms with Crippen molar-refractivity contribution in [1.82, 2.24) is 0 Å². The van der Waals surface area contributed by atoms with Crippen LogP contribution in [0.2, 0.25) is 0 Å². The second-order valence-corrected chi connectivity index (χ2v) is 5.76. The first-order valence-electron chi connectivity index (χ1n) is 6.43. The van der Waals surface area contributed by atoms with Gasteiger partial charge in [0, 0.05) is 4.90 Å². The van der Waals surface area contributed by atoms with Crippen molar-refractivity contribution in [2.24, 2.45) is 0 Å². The van der Waals surface area contributed by atoms with Gasteiger partial charge in [-0.2, -0.15) is 0 Å². The van der Waals surface area contributed by atoms with E-state index in [-0.39, 0.29) is 11.8 Å². The minimum absolute atomic E-state index is 0.246. The average Bonchev–Trinajstić information content (AvgIpc) is 2.72. The average molecular weight is 283 g/mol. The lowest BCUT2D eigenvalue weighted by atomic mass is 10.1. The van der Waals surface area contributed by atoms with Gasteiger partial charge in [-0.1, -0.05) is 25.1 Å². The fourth-order valence-corrected chi connectivity index (χ4v) is 3.01. The molecule has 0 saturated carbocycles. The van der Waals surface area contributed by atoms with Gasteiger partial charge in [0.15, 0.2) is 0 Å². The van der Waals surface area contributed by atoms with Crippen LogP contribution in [0.1, 0.15) is 27.6 Å². The highest BCUT2D eigenvalue weighted by atomic mass is 32.2. The molecule has 2 amide bonds. The first-order chi connectivity index (χ1) is 9.72. The fraction of sp³-hybridized carbons (Fsp3) is 0.125. The number of rotatable bonds is 3. The summed E-state index contributed by atoms with van der Waals surface area (Å²) in [5.74, 6) is 0.458. The third-order valence-corrected chi connectivity index (χ3v) is 4.06. The Kier molecular flexibility index (Phi) is 3.32. The van der Waals surface area contributed by atoms with Crippen LogP contribution in [0.3, 0.4) is 0 Å². The summed E-state index contributed by atoms with van der Waals surface area (Å²) in [7, 11) is 0. The van der Waals surface area contributed by atoms with Crippen molar-refractivity contribution in [3.05, 3.63) is 59.7 Å². The van der Waals surface area contributed by atoms with E-state index in [0.29, 0.717) is 16.8 Å². The topological polar surface area (TPSA) is 37.4 Å². The summed E-state index contributed by atoms with van der Waals surface area (Å²) < 4.78 is 0. The van der Waals surface area contributed by atoms with Gasteiger partial charge in [-0.05, 0) is 36.1 Å². The highest BCUT2D eigenvalue weighted by molar-refractivity contribution is 7.99. The van der Waals surface area contributed by atoms with Gasteiger partial charge in [0.1, 0.15) is 0 Å². The number of thioether (sulfide) groups is 1. The third-order valence-electron chi connectivity index (χ3n) is 3.18. The summed E-state index contributed by atoms with van der Waals surface area (Å²) in [6.45, 7) is 2.07. The normalized spacial score (nSPS) is 13.8. The monoisotopic (exact) mass is 283 g/mol. The van der Waals surface area contributed by atoms with Crippen LogP contribution in [0.4, 0.5) is 5.69 Å². The van der Waals surface area contributed by atoms with E-state index in [4.69, 9.17) is 0 Å². The van der Waals surface area contributed by atoms with E-state index >= 15 is 0 Å². The number of carbonyl (C=O) groups is 2. The SMILES string of the molecule is CCSc1cccc(N2C(=O)c3ccccc3C2=O)c1. The zero-order chi connectivity index (χ0) is 14.1. The molecule has 2 aromatic rings. The Morgan fingerprint density at radius 1 is 0.950 bits per heavy atom. The van der Waals surface area contributed by atoms with Crippen molar-refractivity contribution in [2.45, 2.75) is 11.8 Å². The predicted octanol–water partition coefficient (Wildman–Crippen LogP) is 3.60. The lowest BCUT2D eigenvalue weighted by Crippen LogP contribution is -2.29. The largest absolute Gasteiger partial charge is 0.268 e. The van der Waals surface area contributed by atoms with E-state index in [9.17, 15) is 9.59 Å². The highest BCUT2D eigenvalue weighted by Gasteiger charge is 2.36. The number of carbonyl (C=O) groups excluding carboxylic acids is 2. The first-order valence-corrected chi connectivity index (χ1v) is 7.41. The molecular weight excluding hydrogens is 270 g/mol. The van der Waals surface area contributed by atoms with Gasteiger partial charge in [0.2, 0.25) is 0 Å². The molecule has 0 saturated heterocycles. The van der Waals surface area contributed by atoms with Gasteiger partial charge < -0.3 is 0 Å². The lowest BCUT2D eigenvalue weighted by Gasteiger charge is -2.14. The zero-order valence-corrected chi connectivity index (χ0v) is 11.8. The van der Waals surface area contributed by atoms with Crippen LogP contribution in [0.5, 0.6) is 0 Å². The lowest BCUT2D eigenvalue weighted by molar-refractivity contribution is 0.0926. The molecular formula is C16H13NO2S. The number of nitrogens with zero attached hydrogens (tertiary/aromatic N) is 1. The maximum Gasteiger partial charge on any atom is 0.266 e. The molecule has 0 spiro atoms. The van der Waals surface area contributed by atoms with Crippen molar-refractivity contribution in [3.8, 4) is 0 Å². The van der Waals surface area contributed by atoms with Crippen LogP contribution in [-0.2, 0) is 0 Å². The standard InChI is InChI=1S/C16H13NO2S/c1-2-20-12-7-5-6-11(10-12)17-15(18)13-8-3-4-9-14(13)16(17)19/h3-10H,2H2,1H3. The van der Waals surface area contributed by atoms with Crippen LogP contribution in [-0.4, -0.2) is 17.6 Å². The molecule has 2 aromatic carbocycles. The number of fused-ring (bicyclic) bond motifs is 1. The molecule has 0 aromatic heterocycles. The minimum atomic E-state index is -0.246. The van der Waals surface area contributed by atoms with Crippen molar-refractivity contribution < 1.29 is 9.59 Å². The van der Waals surface area contributed by atoms with Crippen LogP contribution < -0.4 is 4.90 Å². The van der Waals surface area contributed by atoms with Gasteiger partial charge >= 0.3 is 0 Å². The molecule has 1 heterocycles. The summed E-state index contributed by atoms with van der Waals surface area (Å²) in [6.07, 6.45) is 0. The van der Waals surface area contributed by atoms with Gasteiger partial charge in [-0.15, -0.1) is 11.8 Å². The Bertz CT molecular complexity index is 661. The maximum absolute atomic E-state index is 12.4. The highest BCUT2D eigenvalue weighted by Crippen LogP contribution is 2.30. The van der Waals surface area contributed by atoms with Crippen LogP contribution in [0.25, 0.3) is 0 Å². The Hall–Kier alpha value is -2.07. The van der Waals surface area contributed by atoms with Gasteiger partial charge in [0.25, 0.3) is 11.8 Å². The van der Waals surface area contributed by atoms with E-state index in [0.717, 1.165) is 10.6 Å². The van der Waals surface area contributed by atoms with Crippen LogP contribution in [0, 0.1) is 0 Å². The van der Waals surface area contributed by atoms with E-state index < -0.39 is 0 Å². The Morgan fingerprint density at radius 3 is 2.20 bits per heavy atom. The van der Waals surface area contributed by atoms with Crippen molar-refractivity contribution in [3.63, 3.8) is 0 Å². The molecule has 3 nitrogen and oxygen atoms in total. The molecule has 20 heavy (non-hydrogen) atoms. The van der Waals surface area contributed by atoms with E-state index in [1.54, 1.807) is 42.1 Å². The first kappa shape index (κ1) is 12.9. The molecule has 4 heteroatoms. The summed E-state index contributed by atoms with van der Waals surface area (Å²) in [6, 6.07) is 14.5. The Morgan fingerprint density at radius 2 is 1.60 bits per heavy atom. The second kappa shape index (κ2) is 5.13. The maximum atomic E-state index is 12.4. The summed E-state index contributed by atoms with van der Waals surface area (Å²) in [5.41, 5.74) is 1.59. The second-order valence-electron chi connectivity index (χ2n) is 4.42. The van der Waals surface area contributed by atoms with Gasteiger partial charge in [0.05, 0.1) is 16.8 Å². The summed E-state index contributed by atoms with van der Waals surface area (Å²) in [4.78, 5) is 27.1. The fourth-order valence-electron chi connectivity index (χ4n) is 2.30. The van der Waals surface area contributed by atoms with Gasteiger partial charge in [-0.3, -0.25) is 9.59 Å². The number of hydrogen-bond acceptors (Lipinski definition) is 3. The number of imide groups is 1. The van der Waals surface area contributed by atoms with E-state index in [1.807, 2.05) is 18.2 Å². The third kappa shape index (κ3) is 2.02. The molecule has 1 aliphatic rings. The molecule has 0 atom stereocenters. The number of amides is 2. The van der Waals surface area contributed by atoms with Crippen molar-refractivity contribution >= 4 is 29.3 Å².